The summed E-state index contributed by atoms with van der Waals surface area (Å²) in [4.78, 5) is 9.21. The molecule has 1 aromatic carbocycles. The van der Waals surface area contributed by atoms with Crippen molar-refractivity contribution in [3.05, 3.63) is 41.6 Å². The van der Waals surface area contributed by atoms with Gasteiger partial charge in [0.2, 0.25) is 0 Å². The van der Waals surface area contributed by atoms with Crippen LogP contribution in [0.25, 0.3) is 0 Å². The van der Waals surface area contributed by atoms with Crippen molar-refractivity contribution >= 4 is 11.5 Å². The number of halogens is 3. The van der Waals surface area contributed by atoms with Crippen LogP contribution < -0.4 is 9.64 Å². The van der Waals surface area contributed by atoms with E-state index in [-0.39, 0.29) is 17.7 Å². The van der Waals surface area contributed by atoms with E-state index in [1.165, 1.54) is 4.90 Å². The number of alkyl halides is 3. The van der Waals surface area contributed by atoms with Crippen LogP contribution in [-0.4, -0.2) is 23.6 Å². The molecule has 2 aromatic rings. The minimum Gasteiger partial charge on any atom is -0.463 e. The molecule has 4 nitrogen and oxygen atoms in total. The van der Waals surface area contributed by atoms with E-state index < -0.39 is 11.7 Å². The fourth-order valence-corrected chi connectivity index (χ4v) is 2.61. The van der Waals surface area contributed by atoms with Crippen LogP contribution in [0.1, 0.15) is 38.8 Å². The summed E-state index contributed by atoms with van der Waals surface area (Å²) in [6.07, 6.45) is -2.93. The van der Waals surface area contributed by atoms with Gasteiger partial charge in [0.15, 0.2) is 5.82 Å². The third-order valence-electron chi connectivity index (χ3n) is 3.86. The Bertz CT molecular complexity index is 760. The first-order valence-corrected chi connectivity index (χ1v) is 8.97. The van der Waals surface area contributed by atoms with Crippen molar-refractivity contribution in [3.8, 4) is 6.01 Å². The molecule has 0 N–H and O–H groups in total. The summed E-state index contributed by atoms with van der Waals surface area (Å²) in [5.74, 6) is 0.439. The molecule has 0 saturated carbocycles. The van der Waals surface area contributed by atoms with Gasteiger partial charge in [-0.15, -0.1) is 0 Å². The van der Waals surface area contributed by atoms with E-state index in [1.54, 1.807) is 13.1 Å². The summed E-state index contributed by atoms with van der Waals surface area (Å²) in [6, 6.07) is 7.40. The highest BCUT2D eigenvalue weighted by Gasteiger charge is 2.36. The van der Waals surface area contributed by atoms with E-state index >= 15 is 0 Å². The average molecular weight is 381 g/mol. The Morgan fingerprint density at radius 1 is 1.11 bits per heavy atom. The van der Waals surface area contributed by atoms with Crippen molar-refractivity contribution in [3.63, 3.8) is 0 Å². The van der Waals surface area contributed by atoms with Crippen LogP contribution >= 0.6 is 0 Å². The number of hydrogen-bond donors (Lipinski definition) is 0. The maximum atomic E-state index is 13.5. The predicted octanol–water partition coefficient (Wildman–Crippen LogP) is 5.50. The minimum absolute atomic E-state index is 0.0584. The highest BCUT2D eigenvalue weighted by atomic mass is 19.4. The lowest BCUT2D eigenvalue weighted by Crippen LogP contribution is -2.20. The second-order valence-corrected chi connectivity index (χ2v) is 7.42. The number of hydrogen-bond acceptors (Lipinski definition) is 4. The van der Waals surface area contributed by atoms with Gasteiger partial charge in [0.05, 0.1) is 6.61 Å². The van der Waals surface area contributed by atoms with Gasteiger partial charge in [-0.3, -0.25) is 0 Å². The SMILES string of the molecule is CC(C)COc1ncc(C(F)(F)F)c(N(C)c2cccc(CC(C)C)c2)n1. The lowest BCUT2D eigenvalue weighted by molar-refractivity contribution is -0.137. The molecule has 0 spiro atoms. The van der Waals surface area contributed by atoms with Crippen LogP contribution in [0.4, 0.5) is 24.7 Å². The van der Waals surface area contributed by atoms with Gasteiger partial charge in [-0.25, -0.2) is 4.98 Å². The average Bonchev–Trinajstić information content (AvgIpc) is 2.58. The van der Waals surface area contributed by atoms with E-state index in [0.717, 1.165) is 18.2 Å². The zero-order valence-electron chi connectivity index (χ0n) is 16.3. The lowest BCUT2D eigenvalue weighted by Gasteiger charge is -2.23. The normalized spacial score (nSPS) is 11.9. The van der Waals surface area contributed by atoms with Gasteiger partial charge < -0.3 is 9.64 Å². The predicted molar refractivity (Wildman–Crippen MR) is 100 cm³/mol. The summed E-state index contributed by atoms with van der Waals surface area (Å²) in [5.41, 5.74) is 0.802. The molecule has 7 heteroatoms. The van der Waals surface area contributed by atoms with E-state index in [9.17, 15) is 13.2 Å². The largest absolute Gasteiger partial charge is 0.463 e. The lowest BCUT2D eigenvalue weighted by atomic mass is 10.0. The van der Waals surface area contributed by atoms with E-state index in [1.807, 2.05) is 32.0 Å². The summed E-state index contributed by atoms with van der Waals surface area (Å²) < 4.78 is 45.8. The molecule has 1 aromatic heterocycles. The smallest absolute Gasteiger partial charge is 0.421 e. The standard InChI is InChI=1S/C20H26F3N3O/c1-13(2)9-15-7-6-8-16(10-15)26(5)18-17(20(21,22)23)11-24-19(25-18)27-12-14(3)4/h6-8,10-11,13-14H,9,12H2,1-5H3. The van der Waals surface area contributed by atoms with Crippen LogP contribution in [0.5, 0.6) is 6.01 Å². The van der Waals surface area contributed by atoms with Gasteiger partial charge in [0.1, 0.15) is 5.56 Å². The van der Waals surface area contributed by atoms with Gasteiger partial charge >= 0.3 is 12.2 Å². The van der Waals surface area contributed by atoms with E-state index in [4.69, 9.17) is 4.74 Å². The van der Waals surface area contributed by atoms with Crippen molar-refractivity contribution in [2.45, 2.75) is 40.3 Å². The number of benzene rings is 1. The summed E-state index contributed by atoms with van der Waals surface area (Å²) >= 11 is 0. The molecule has 0 bridgehead atoms. The molecule has 1 heterocycles. The molecule has 148 valence electrons. The number of ether oxygens (including phenoxy) is 1. The molecule has 0 aliphatic carbocycles. The van der Waals surface area contributed by atoms with E-state index in [0.29, 0.717) is 18.2 Å². The Kier molecular flexibility index (Phi) is 6.68. The third kappa shape index (κ3) is 5.84. The van der Waals surface area contributed by atoms with Crippen LogP contribution in [-0.2, 0) is 12.6 Å². The number of rotatable bonds is 7. The van der Waals surface area contributed by atoms with Crippen molar-refractivity contribution in [2.75, 3.05) is 18.6 Å². The summed E-state index contributed by atoms with van der Waals surface area (Å²) in [5, 5.41) is 0. The molecule has 27 heavy (non-hydrogen) atoms. The topological polar surface area (TPSA) is 38.2 Å². The van der Waals surface area contributed by atoms with Crippen LogP contribution in [0.15, 0.2) is 30.5 Å². The first-order chi connectivity index (χ1) is 12.6. The zero-order valence-corrected chi connectivity index (χ0v) is 16.3. The maximum Gasteiger partial charge on any atom is 0.421 e. The fraction of sp³-hybridized carbons (Fsp3) is 0.500. The Balaban J connectivity index is 2.42. The van der Waals surface area contributed by atoms with Crippen LogP contribution in [0.3, 0.4) is 0 Å². The molecule has 0 atom stereocenters. The van der Waals surface area contributed by atoms with Crippen LogP contribution in [0, 0.1) is 11.8 Å². The Morgan fingerprint density at radius 3 is 2.41 bits per heavy atom. The molecule has 0 saturated heterocycles. The quantitative estimate of drug-likeness (QED) is 0.635. The highest BCUT2D eigenvalue weighted by Crippen LogP contribution is 2.37. The van der Waals surface area contributed by atoms with Gasteiger partial charge in [0.25, 0.3) is 0 Å². The maximum absolute atomic E-state index is 13.5. The first-order valence-electron chi connectivity index (χ1n) is 8.97. The summed E-state index contributed by atoms with van der Waals surface area (Å²) in [7, 11) is 1.57. The zero-order chi connectivity index (χ0) is 20.2. The summed E-state index contributed by atoms with van der Waals surface area (Å²) in [6.45, 7) is 8.41. The molecule has 0 amide bonds. The highest BCUT2D eigenvalue weighted by molar-refractivity contribution is 5.63. The molecule has 0 unspecified atom stereocenters. The van der Waals surface area contributed by atoms with Crippen molar-refractivity contribution in [2.24, 2.45) is 11.8 Å². The van der Waals surface area contributed by atoms with E-state index in [2.05, 4.69) is 23.8 Å². The van der Waals surface area contributed by atoms with Gasteiger partial charge in [-0.1, -0.05) is 39.8 Å². The molecule has 0 aliphatic rings. The molecular weight excluding hydrogens is 355 g/mol. The minimum atomic E-state index is -4.56. The second-order valence-electron chi connectivity index (χ2n) is 7.42. The van der Waals surface area contributed by atoms with Crippen molar-refractivity contribution in [1.82, 2.24) is 9.97 Å². The Hall–Kier alpha value is -2.31. The number of aromatic nitrogens is 2. The molecule has 0 radical (unpaired) electrons. The molecule has 0 aliphatic heterocycles. The third-order valence-corrected chi connectivity index (χ3v) is 3.86. The van der Waals surface area contributed by atoms with Gasteiger partial charge in [-0.05, 0) is 36.0 Å². The second kappa shape index (κ2) is 8.59. The van der Waals surface area contributed by atoms with Crippen molar-refractivity contribution in [1.29, 1.82) is 0 Å². The van der Waals surface area contributed by atoms with Crippen molar-refractivity contribution < 1.29 is 17.9 Å². The van der Waals surface area contributed by atoms with Crippen LogP contribution in [0.2, 0.25) is 0 Å². The monoisotopic (exact) mass is 381 g/mol. The fourth-order valence-electron chi connectivity index (χ4n) is 2.61. The molecule has 2 rings (SSSR count). The molecule has 0 fully saturated rings. The Labute approximate surface area is 158 Å². The first kappa shape index (κ1) is 21.0. The molecular formula is C20H26F3N3O. The van der Waals surface area contributed by atoms with Gasteiger partial charge in [0, 0.05) is 18.9 Å². The number of anilines is 2. The Morgan fingerprint density at radius 2 is 1.81 bits per heavy atom. The van der Waals surface area contributed by atoms with Gasteiger partial charge in [-0.2, -0.15) is 18.2 Å². The number of nitrogens with zero attached hydrogens (tertiary/aromatic N) is 3.